The fourth-order valence-corrected chi connectivity index (χ4v) is 6.55. The van der Waals surface area contributed by atoms with Crippen molar-refractivity contribution in [3.05, 3.63) is 130 Å². The molecule has 0 saturated carbocycles. The molecular weight excluding hydrogens is 745 g/mol. The zero-order valence-corrected chi connectivity index (χ0v) is 33.9. The number of ether oxygens (including phenoxy) is 1. The number of nitrogens with zero attached hydrogens (tertiary/aromatic N) is 6. The molecule has 2 aliphatic heterocycles. The number of benzene rings is 4. The van der Waals surface area contributed by atoms with Gasteiger partial charge in [-0.3, -0.25) is 14.6 Å². The van der Waals surface area contributed by atoms with Crippen LogP contribution in [0.4, 0.5) is 29.7 Å². The van der Waals surface area contributed by atoms with E-state index in [4.69, 9.17) is 5.73 Å². The summed E-state index contributed by atoms with van der Waals surface area (Å²) in [7, 11) is 5.30. The van der Waals surface area contributed by atoms with Crippen LogP contribution in [0, 0.1) is 25.5 Å². The normalized spacial score (nSPS) is 14.6. The third-order valence-electron chi connectivity index (χ3n) is 10.4. The summed E-state index contributed by atoms with van der Waals surface area (Å²) < 4.78 is 34.0. The first-order valence-corrected chi connectivity index (χ1v) is 19.3. The quantitative estimate of drug-likeness (QED) is 0.163. The van der Waals surface area contributed by atoms with E-state index in [-0.39, 0.29) is 48.6 Å². The van der Waals surface area contributed by atoms with Gasteiger partial charge in [0.25, 0.3) is 0 Å². The summed E-state index contributed by atoms with van der Waals surface area (Å²) in [5.41, 5.74) is 9.99. The van der Waals surface area contributed by atoms with Crippen LogP contribution < -0.4 is 15.5 Å². The fourth-order valence-electron chi connectivity index (χ4n) is 6.55. The monoisotopic (exact) mass is 797 g/mol. The highest BCUT2D eigenvalue weighted by molar-refractivity contribution is 5.97. The number of carbonyl (C=O) groups excluding carboxylic acids is 4. The van der Waals surface area contributed by atoms with Crippen LogP contribution in [-0.2, 0) is 17.8 Å². The summed E-state index contributed by atoms with van der Waals surface area (Å²) in [5.74, 6) is -1.98. The van der Waals surface area contributed by atoms with E-state index in [1.165, 1.54) is 25.3 Å². The van der Waals surface area contributed by atoms with Crippen LogP contribution in [0.2, 0.25) is 0 Å². The lowest BCUT2D eigenvalue weighted by atomic mass is 10.1. The number of piperazine rings is 2. The molecule has 0 atom stereocenters. The molecule has 14 heteroatoms. The lowest BCUT2D eigenvalue weighted by Gasteiger charge is -2.36. The van der Waals surface area contributed by atoms with Crippen LogP contribution in [0.5, 0.6) is 0 Å². The first kappa shape index (κ1) is 43.4. The van der Waals surface area contributed by atoms with Crippen LogP contribution in [0.3, 0.4) is 0 Å². The van der Waals surface area contributed by atoms with Crippen molar-refractivity contribution in [3.63, 3.8) is 0 Å². The average molecular weight is 798 g/mol. The van der Waals surface area contributed by atoms with Gasteiger partial charge in [-0.15, -0.1) is 0 Å². The summed E-state index contributed by atoms with van der Waals surface area (Å²) in [6.45, 7) is 9.65. The third kappa shape index (κ3) is 11.2. The number of likely N-dealkylation sites (N-methyl/N-ethyl adjacent to an activating group) is 2. The molecule has 0 aromatic heterocycles. The number of nitrogens with two attached hydrogens (primary N) is 1. The molecule has 4 aromatic rings. The van der Waals surface area contributed by atoms with Crippen molar-refractivity contribution in [1.82, 2.24) is 19.6 Å². The number of halogens is 2. The Kier molecular flexibility index (Phi) is 15.1. The molecule has 2 saturated heterocycles. The van der Waals surface area contributed by atoms with Crippen LogP contribution in [-0.4, -0.2) is 124 Å². The number of hydrogen-bond donors (Lipinski definition) is 1. The number of carbonyl (C=O) groups is 4. The van der Waals surface area contributed by atoms with Crippen molar-refractivity contribution in [2.24, 2.45) is 5.73 Å². The highest BCUT2D eigenvalue weighted by Crippen LogP contribution is 2.24. The van der Waals surface area contributed by atoms with Gasteiger partial charge in [-0.1, -0.05) is 53.6 Å². The second kappa shape index (κ2) is 20.1. The highest BCUT2D eigenvalue weighted by atomic mass is 19.1. The molecule has 6 rings (SSSR count). The third-order valence-corrected chi connectivity index (χ3v) is 10.4. The van der Waals surface area contributed by atoms with Gasteiger partial charge in [-0.05, 0) is 70.4 Å². The first-order valence-electron chi connectivity index (χ1n) is 19.3. The Bertz CT molecular complexity index is 1900. The van der Waals surface area contributed by atoms with Crippen molar-refractivity contribution in [1.29, 1.82) is 0 Å². The molecule has 2 fully saturated rings. The van der Waals surface area contributed by atoms with Crippen LogP contribution in [0.1, 0.15) is 43.0 Å². The Morgan fingerprint density at radius 1 is 0.603 bits per heavy atom. The molecule has 0 bridgehead atoms. The maximum absolute atomic E-state index is 14.7. The largest absolute Gasteiger partial charge is 0.465 e. The average Bonchev–Trinajstić information content (AvgIpc) is 3.23. The predicted molar refractivity (Wildman–Crippen MR) is 221 cm³/mol. The van der Waals surface area contributed by atoms with E-state index < -0.39 is 17.6 Å². The first-order chi connectivity index (χ1) is 27.8. The van der Waals surface area contributed by atoms with E-state index in [2.05, 4.69) is 14.5 Å². The van der Waals surface area contributed by atoms with Gasteiger partial charge in [0.2, 0.25) is 0 Å². The molecule has 4 amide bonds. The van der Waals surface area contributed by atoms with Gasteiger partial charge in [-0.25, -0.2) is 23.2 Å². The van der Waals surface area contributed by atoms with Gasteiger partial charge in [0.1, 0.15) is 11.6 Å². The van der Waals surface area contributed by atoms with Crippen molar-refractivity contribution in [3.8, 4) is 0 Å². The van der Waals surface area contributed by atoms with Gasteiger partial charge in [0, 0.05) is 80.4 Å². The lowest BCUT2D eigenvalue weighted by Crippen LogP contribution is -2.52. The lowest BCUT2D eigenvalue weighted by molar-refractivity contribution is 0.0600. The maximum atomic E-state index is 14.7. The maximum Gasteiger partial charge on any atom is 0.337 e. The molecule has 58 heavy (non-hydrogen) atoms. The number of anilines is 2. The molecule has 0 radical (unpaired) electrons. The molecule has 0 aliphatic carbocycles. The Labute approximate surface area is 339 Å². The number of methoxy groups -OCH3 is 1. The minimum absolute atomic E-state index is 0.0710. The Balaban J connectivity index is 0.000000221. The summed E-state index contributed by atoms with van der Waals surface area (Å²) in [4.78, 5) is 61.0. The van der Waals surface area contributed by atoms with Crippen LogP contribution in [0.15, 0.2) is 84.9 Å². The van der Waals surface area contributed by atoms with Gasteiger partial charge >= 0.3 is 18.0 Å². The molecule has 2 N–H and O–H groups in total. The van der Waals surface area contributed by atoms with E-state index in [0.717, 1.165) is 43.4 Å². The number of ketones is 1. The minimum atomic E-state index is -0.598. The topological polar surface area (TPSA) is 123 Å². The zero-order valence-electron chi connectivity index (χ0n) is 33.9. The summed E-state index contributed by atoms with van der Waals surface area (Å²) in [6, 6.07) is 23.4. The number of Topliss-reactive ketones (excluding diaryl/α,β-unsaturated/α-hetero) is 1. The molecule has 308 valence electrons. The Hall–Kier alpha value is -5.70. The molecule has 2 heterocycles. The summed E-state index contributed by atoms with van der Waals surface area (Å²) in [6.07, 6.45) is 0. The van der Waals surface area contributed by atoms with E-state index in [9.17, 15) is 28.0 Å². The van der Waals surface area contributed by atoms with E-state index in [0.29, 0.717) is 48.7 Å². The SMILES string of the molecule is COC(=O)c1ccc(CN(C(=O)N2CCN(C)CC2)c2ccc(C)cc2)c(F)c1.Cc1ccc(N(Cc2ccc(C(=O)CN)cc2F)C(=O)N2CCN(C)CC2)cc1. The Morgan fingerprint density at radius 2 is 0.983 bits per heavy atom. The molecule has 4 aromatic carbocycles. The second-order valence-corrected chi connectivity index (χ2v) is 14.7. The standard InChI is InChI=1S/C22H27FN4O2.C22H26FN3O3/c1-16-3-7-19(8-4-16)27(22(29)26-11-9-25(2)10-12-26)15-18-6-5-17(13-20(18)23)21(28)14-24;1-16-4-8-19(9-5-16)26(22(28)25-12-10-24(2)11-13-25)15-18-7-6-17(14-20(18)23)21(27)29-3/h3-8,13H,9-12,14-15,24H2,1-2H3;4-9,14H,10-13,15H2,1-3H3. The van der Waals surface area contributed by atoms with Crippen LogP contribution in [0.25, 0.3) is 0 Å². The van der Waals surface area contributed by atoms with Gasteiger partial charge < -0.3 is 30.1 Å². The van der Waals surface area contributed by atoms with Crippen molar-refractivity contribution in [2.45, 2.75) is 26.9 Å². The summed E-state index contributed by atoms with van der Waals surface area (Å²) in [5, 5.41) is 0. The number of urea groups is 2. The van der Waals surface area contributed by atoms with E-state index in [1.807, 2.05) is 76.5 Å². The predicted octanol–water partition coefficient (Wildman–Crippen LogP) is 5.94. The number of amides is 4. The van der Waals surface area contributed by atoms with Gasteiger partial charge in [-0.2, -0.15) is 0 Å². The van der Waals surface area contributed by atoms with Gasteiger partial charge in [0.15, 0.2) is 5.78 Å². The Morgan fingerprint density at radius 3 is 1.34 bits per heavy atom. The molecule has 12 nitrogen and oxygen atoms in total. The fraction of sp³-hybridized carbons (Fsp3) is 0.364. The smallest absolute Gasteiger partial charge is 0.337 e. The molecule has 0 spiro atoms. The van der Waals surface area contributed by atoms with Crippen LogP contribution >= 0.6 is 0 Å². The van der Waals surface area contributed by atoms with E-state index >= 15 is 0 Å². The minimum Gasteiger partial charge on any atom is -0.465 e. The molecule has 0 unspecified atom stereocenters. The number of rotatable bonds is 9. The van der Waals surface area contributed by atoms with Crippen molar-refractivity contribution < 1.29 is 32.7 Å². The number of hydrogen-bond acceptors (Lipinski definition) is 8. The van der Waals surface area contributed by atoms with Crippen molar-refractivity contribution >= 4 is 35.2 Å². The molecular formula is C44H53F2N7O5. The highest BCUT2D eigenvalue weighted by Gasteiger charge is 2.28. The van der Waals surface area contributed by atoms with E-state index in [1.54, 1.807) is 31.7 Å². The zero-order chi connectivity index (χ0) is 41.9. The number of aryl methyl sites for hydroxylation is 2. The number of esters is 1. The second-order valence-electron chi connectivity index (χ2n) is 14.7. The van der Waals surface area contributed by atoms with Gasteiger partial charge in [0.05, 0.1) is 32.3 Å². The van der Waals surface area contributed by atoms with Crippen molar-refractivity contribution in [2.75, 3.05) is 89.9 Å². The summed E-state index contributed by atoms with van der Waals surface area (Å²) >= 11 is 0. The molecule has 2 aliphatic rings.